The lowest BCUT2D eigenvalue weighted by Crippen LogP contribution is -2.24. The molecule has 9 heteroatoms. The Kier molecular flexibility index (Phi) is 3.96. The third kappa shape index (κ3) is 3.38. The third-order valence-electron chi connectivity index (χ3n) is 2.69. The minimum atomic E-state index is -3.23. The van der Waals surface area contributed by atoms with Crippen LogP contribution in [0.1, 0.15) is 6.92 Å². The number of aromatic nitrogens is 5. The SMILES string of the molecule is CCn1cc(-c2cn(CCS(=O)(=O)NC)nn2)cn1. The van der Waals surface area contributed by atoms with Gasteiger partial charge in [-0.1, -0.05) is 5.21 Å². The van der Waals surface area contributed by atoms with Gasteiger partial charge < -0.3 is 0 Å². The van der Waals surface area contributed by atoms with Crippen LogP contribution in [0.2, 0.25) is 0 Å². The molecule has 0 radical (unpaired) electrons. The van der Waals surface area contributed by atoms with E-state index in [1.807, 2.05) is 13.1 Å². The van der Waals surface area contributed by atoms with Crippen molar-refractivity contribution in [3.05, 3.63) is 18.6 Å². The molecule has 0 aliphatic rings. The zero-order valence-electron chi connectivity index (χ0n) is 10.8. The summed E-state index contributed by atoms with van der Waals surface area (Å²) in [4.78, 5) is 0. The van der Waals surface area contributed by atoms with Crippen molar-refractivity contribution in [2.75, 3.05) is 12.8 Å². The minimum Gasteiger partial charge on any atom is -0.272 e. The molecule has 0 unspecified atom stereocenters. The molecule has 0 fully saturated rings. The fourth-order valence-electron chi connectivity index (χ4n) is 1.52. The Hall–Kier alpha value is -1.74. The van der Waals surface area contributed by atoms with Crippen molar-refractivity contribution < 1.29 is 8.42 Å². The fourth-order valence-corrected chi connectivity index (χ4v) is 2.16. The van der Waals surface area contributed by atoms with Crippen molar-refractivity contribution in [1.29, 1.82) is 0 Å². The molecule has 0 saturated carbocycles. The molecule has 2 aromatic heterocycles. The Balaban J connectivity index is 2.07. The van der Waals surface area contributed by atoms with Gasteiger partial charge >= 0.3 is 0 Å². The summed E-state index contributed by atoms with van der Waals surface area (Å²) in [6, 6.07) is 0. The van der Waals surface area contributed by atoms with Crippen LogP contribution in [0.25, 0.3) is 11.3 Å². The molecule has 104 valence electrons. The van der Waals surface area contributed by atoms with E-state index in [-0.39, 0.29) is 12.3 Å². The standard InChI is InChI=1S/C10H16N6O2S/c1-3-15-7-9(6-12-15)10-8-16(14-13-10)4-5-19(17,18)11-2/h6-8,11H,3-5H2,1-2H3. The molecular formula is C10H16N6O2S. The summed E-state index contributed by atoms with van der Waals surface area (Å²) < 4.78 is 28.2. The van der Waals surface area contributed by atoms with Gasteiger partial charge in [0.05, 0.1) is 24.7 Å². The Morgan fingerprint density at radius 2 is 2.11 bits per heavy atom. The average Bonchev–Trinajstić information content (AvgIpc) is 3.05. The highest BCUT2D eigenvalue weighted by atomic mass is 32.2. The number of rotatable bonds is 6. The summed E-state index contributed by atoms with van der Waals surface area (Å²) in [5, 5.41) is 12.1. The summed E-state index contributed by atoms with van der Waals surface area (Å²) in [7, 11) is -1.84. The smallest absolute Gasteiger partial charge is 0.213 e. The predicted octanol–water partition coefficient (Wildman–Crippen LogP) is -0.289. The lowest BCUT2D eigenvalue weighted by molar-refractivity contribution is 0.568. The average molecular weight is 284 g/mol. The molecule has 0 bridgehead atoms. The first-order valence-corrected chi connectivity index (χ1v) is 7.53. The van der Waals surface area contributed by atoms with Crippen molar-refractivity contribution in [3.8, 4) is 11.3 Å². The molecule has 1 N–H and O–H groups in total. The number of sulfonamides is 1. The maximum absolute atomic E-state index is 11.3. The van der Waals surface area contributed by atoms with Crippen LogP contribution in [0.3, 0.4) is 0 Å². The number of hydrogen-bond acceptors (Lipinski definition) is 5. The number of hydrogen-bond donors (Lipinski definition) is 1. The van der Waals surface area contributed by atoms with E-state index < -0.39 is 10.0 Å². The molecule has 0 aliphatic carbocycles. The number of nitrogens with one attached hydrogen (secondary N) is 1. The van der Waals surface area contributed by atoms with E-state index in [1.54, 1.807) is 17.1 Å². The molecule has 0 spiro atoms. The van der Waals surface area contributed by atoms with Gasteiger partial charge in [-0.25, -0.2) is 13.1 Å². The molecule has 0 amide bonds. The highest BCUT2D eigenvalue weighted by Crippen LogP contribution is 2.14. The maximum atomic E-state index is 11.3. The normalized spacial score (nSPS) is 11.9. The first-order valence-electron chi connectivity index (χ1n) is 5.88. The van der Waals surface area contributed by atoms with Gasteiger partial charge in [0.2, 0.25) is 10.0 Å². The molecule has 0 aliphatic heterocycles. The molecular weight excluding hydrogens is 268 g/mol. The predicted molar refractivity (Wildman–Crippen MR) is 69.8 cm³/mol. The first kappa shape index (κ1) is 13.7. The monoisotopic (exact) mass is 284 g/mol. The Morgan fingerprint density at radius 3 is 2.74 bits per heavy atom. The summed E-state index contributed by atoms with van der Waals surface area (Å²) in [6.07, 6.45) is 5.29. The largest absolute Gasteiger partial charge is 0.272 e. The fraction of sp³-hybridized carbons (Fsp3) is 0.500. The van der Waals surface area contributed by atoms with E-state index in [0.29, 0.717) is 5.69 Å². The van der Waals surface area contributed by atoms with Gasteiger partial charge in [-0.15, -0.1) is 5.10 Å². The van der Waals surface area contributed by atoms with E-state index in [9.17, 15) is 8.42 Å². The molecule has 8 nitrogen and oxygen atoms in total. The van der Waals surface area contributed by atoms with Gasteiger partial charge in [0.1, 0.15) is 5.69 Å². The lowest BCUT2D eigenvalue weighted by Gasteiger charge is -2.01. The molecule has 0 saturated heterocycles. The molecule has 2 heterocycles. The summed E-state index contributed by atoms with van der Waals surface area (Å²) >= 11 is 0. The zero-order chi connectivity index (χ0) is 13.9. The van der Waals surface area contributed by atoms with Crippen LogP contribution in [-0.4, -0.2) is 46.0 Å². The second-order valence-electron chi connectivity index (χ2n) is 3.97. The van der Waals surface area contributed by atoms with E-state index in [2.05, 4.69) is 20.1 Å². The Bertz CT molecular complexity index is 645. The highest BCUT2D eigenvalue weighted by molar-refractivity contribution is 7.89. The number of nitrogens with zero attached hydrogens (tertiary/aromatic N) is 5. The second kappa shape index (κ2) is 5.49. The lowest BCUT2D eigenvalue weighted by atomic mass is 10.3. The highest BCUT2D eigenvalue weighted by Gasteiger charge is 2.10. The van der Waals surface area contributed by atoms with Gasteiger partial charge in [-0.2, -0.15) is 5.10 Å². The first-order chi connectivity index (χ1) is 9.04. The van der Waals surface area contributed by atoms with E-state index in [1.165, 1.54) is 11.7 Å². The summed E-state index contributed by atoms with van der Waals surface area (Å²) in [6.45, 7) is 3.04. The molecule has 2 aromatic rings. The van der Waals surface area contributed by atoms with Gasteiger partial charge in [0.15, 0.2) is 0 Å². The van der Waals surface area contributed by atoms with Crippen molar-refractivity contribution in [1.82, 2.24) is 29.5 Å². The van der Waals surface area contributed by atoms with Crippen LogP contribution in [0.5, 0.6) is 0 Å². The van der Waals surface area contributed by atoms with Crippen LogP contribution >= 0.6 is 0 Å². The third-order valence-corrected chi connectivity index (χ3v) is 4.03. The summed E-state index contributed by atoms with van der Waals surface area (Å²) in [5.74, 6) is -0.0273. The molecule has 0 atom stereocenters. The molecule has 2 rings (SSSR count). The molecule has 0 aromatic carbocycles. The number of aryl methyl sites for hydroxylation is 2. The minimum absolute atomic E-state index is 0.0273. The maximum Gasteiger partial charge on any atom is 0.213 e. The van der Waals surface area contributed by atoms with Crippen molar-refractivity contribution in [2.24, 2.45) is 0 Å². The van der Waals surface area contributed by atoms with E-state index >= 15 is 0 Å². The van der Waals surface area contributed by atoms with Gasteiger partial charge in [-0.3, -0.25) is 9.36 Å². The summed E-state index contributed by atoms with van der Waals surface area (Å²) in [5.41, 5.74) is 1.55. The molecule has 19 heavy (non-hydrogen) atoms. The van der Waals surface area contributed by atoms with Crippen LogP contribution in [0.4, 0.5) is 0 Å². The second-order valence-corrected chi connectivity index (χ2v) is 6.02. The Labute approximate surface area is 111 Å². The quantitative estimate of drug-likeness (QED) is 0.786. The van der Waals surface area contributed by atoms with Gasteiger partial charge in [0.25, 0.3) is 0 Å². The van der Waals surface area contributed by atoms with Gasteiger partial charge in [0, 0.05) is 18.3 Å². The van der Waals surface area contributed by atoms with Crippen LogP contribution in [-0.2, 0) is 23.1 Å². The van der Waals surface area contributed by atoms with E-state index in [0.717, 1.165) is 12.1 Å². The topological polar surface area (TPSA) is 94.7 Å². The van der Waals surface area contributed by atoms with E-state index in [4.69, 9.17) is 0 Å². The Morgan fingerprint density at radius 1 is 1.32 bits per heavy atom. The van der Waals surface area contributed by atoms with Gasteiger partial charge in [-0.05, 0) is 14.0 Å². The van der Waals surface area contributed by atoms with Crippen LogP contribution < -0.4 is 4.72 Å². The zero-order valence-corrected chi connectivity index (χ0v) is 11.6. The van der Waals surface area contributed by atoms with Crippen molar-refractivity contribution in [2.45, 2.75) is 20.0 Å². The van der Waals surface area contributed by atoms with Crippen LogP contribution in [0, 0.1) is 0 Å². The van der Waals surface area contributed by atoms with Crippen molar-refractivity contribution >= 4 is 10.0 Å². The van der Waals surface area contributed by atoms with Crippen LogP contribution in [0.15, 0.2) is 18.6 Å². The van der Waals surface area contributed by atoms with Crippen molar-refractivity contribution in [3.63, 3.8) is 0 Å².